The third-order valence-electron chi connectivity index (χ3n) is 6.71. The van der Waals surface area contributed by atoms with E-state index in [1.807, 2.05) is 45.7 Å². The van der Waals surface area contributed by atoms with Gasteiger partial charge in [0.15, 0.2) is 0 Å². The molecule has 8 heteroatoms. The number of aryl methyl sites for hydroxylation is 2. The molecule has 0 radical (unpaired) electrons. The summed E-state index contributed by atoms with van der Waals surface area (Å²) in [6.45, 7) is 5.36. The van der Waals surface area contributed by atoms with Gasteiger partial charge in [-0.25, -0.2) is 0 Å². The Morgan fingerprint density at radius 3 is 2.64 bits per heavy atom. The van der Waals surface area contributed by atoms with Crippen molar-refractivity contribution < 1.29 is 14.3 Å². The summed E-state index contributed by atoms with van der Waals surface area (Å²) in [6.07, 6.45) is 6.42. The van der Waals surface area contributed by atoms with E-state index in [2.05, 4.69) is 5.10 Å². The van der Waals surface area contributed by atoms with E-state index in [4.69, 9.17) is 16.3 Å². The fourth-order valence-corrected chi connectivity index (χ4v) is 4.97. The molecule has 0 spiro atoms. The maximum absolute atomic E-state index is 13.0. The fourth-order valence-electron chi connectivity index (χ4n) is 4.79. The van der Waals surface area contributed by atoms with Crippen molar-refractivity contribution in [2.24, 2.45) is 5.92 Å². The number of amides is 2. The standard InChI is InChI=1S/C25H33ClN4O3/c1-19-8-11-27-30(19)15-10-24(31)29-14-9-23(33-22-7-5-6-21(26)17-22)20(18-29)16-25(32)28-12-3-2-4-13-28/h5-8,11,17,20,23H,2-4,9-10,12-16,18H2,1H3/t20-,23-/m0/s1. The summed E-state index contributed by atoms with van der Waals surface area (Å²) in [4.78, 5) is 29.9. The monoisotopic (exact) mass is 472 g/mol. The van der Waals surface area contributed by atoms with Crippen LogP contribution in [0, 0.1) is 12.8 Å². The van der Waals surface area contributed by atoms with Crippen LogP contribution in [-0.2, 0) is 16.1 Å². The molecule has 4 rings (SSSR count). The lowest BCUT2D eigenvalue weighted by Gasteiger charge is -2.39. The van der Waals surface area contributed by atoms with Crippen molar-refractivity contribution in [1.82, 2.24) is 19.6 Å². The second-order valence-corrected chi connectivity index (χ2v) is 9.53. The lowest BCUT2D eigenvalue weighted by molar-refractivity contribution is -0.139. The Morgan fingerprint density at radius 2 is 1.91 bits per heavy atom. The van der Waals surface area contributed by atoms with Crippen molar-refractivity contribution in [3.63, 3.8) is 0 Å². The largest absolute Gasteiger partial charge is 0.490 e. The average Bonchev–Trinajstić information content (AvgIpc) is 3.23. The van der Waals surface area contributed by atoms with Gasteiger partial charge in [-0.05, 0) is 50.5 Å². The molecule has 33 heavy (non-hydrogen) atoms. The Hall–Kier alpha value is -2.54. The third-order valence-corrected chi connectivity index (χ3v) is 6.95. The van der Waals surface area contributed by atoms with E-state index in [1.54, 1.807) is 12.3 Å². The Bertz CT molecular complexity index is 957. The highest BCUT2D eigenvalue weighted by atomic mass is 35.5. The molecular formula is C25H33ClN4O3. The minimum atomic E-state index is -0.130. The fraction of sp³-hybridized carbons (Fsp3) is 0.560. The first-order valence-corrected chi connectivity index (χ1v) is 12.3. The molecule has 0 aliphatic carbocycles. The second-order valence-electron chi connectivity index (χ2n) is 9.09. The summed E-state index contributed by atoms with van der Waals surface area (Å²) in [5.74, 6) is 0.918. The number of halogens is 1. The summed E-state index contributed by atoms with van der Waals surface area (Å²) >= 11 is 6.14. The van der Waals surface area contributed by atoms with Crippen molar-refractivity contribution in [1.29, 1.82) is 0 Å². The minimum absolute atomic E-state index is 0.0532. The summed E-state index contributed by atoms with van der Waals surface area (Å²) in [7, 11) is 0. The van der Waals surface area contributed by atoms with Crippen LogP contribution >= 0.6 is 11.6 Å². The maximum atomic E-state index is 13.0. The average molecular weight is 473 g/mol. The number of rotatable bonds is 7. The van der Waals surface area contributed by atoms with E-state index < -0.39 is 0 Å². The zero-order valence-electron chi connectivity index (χ0n) is 19.3. The normalized spacial score (nSPS) is 21.2. The first kappa shape index (κ1) is 23.6. The van der Waals surface area contributed by atoms with Crippen LogP contribution in [-0.4, -0.2) is 63.7 Å². The number of nitrogens with zero attached hydrogens (tertiary/aromatic N) is 4. The van der Waals surface area contributed by atoms with Gasteiger partial charge < -0.3 is 14.5 Å². The molecule has 3 heterocycles. The number of hydrogen-bond donors (Lipinski definition) is 0. The van der Waals surface area contributed by atoms with Gasteiger partial charge in [-0.3, -0.25) is 14.3 Å². The van der Waals surface area contributed by atoms with Crippen LogP contribution in [0.2, 0.25) is 5.02 Å². The lowest BCUT2D eigenvalue weighted by atomic mass is 9.90. The van der Waals surface area contributed by atoms with Crippen molar-refractivity contribution in [2.45, 2.75) is 58.1 Å². The molecule has 2 aliphatic heterocycles. The van der Waals surface area contributed by atoms with Gasteiger partial charge in [0.25, 0.3) is 0 Å². The van der Waals surface area contributed by atoms with Gasteiger partial charge in [-0.15, -0.1) is 0 Å². The predicted octanol–water partition coefficient (Wildman–Crippen LogP) is 3.93. The molecule has 2 amide bonds. The van der Waals surface area contributed by atoms with Gasteiger partial charge in [0.2, 0.25) is 11.8 Å². The lowest BCUT2D eigenvalue weighted by Crippen LogP contribution is -2.50. The van der Waals surface area contributed by atoms with Crippen LogP contribution in [0.3, 0.4) is 0 Å². The van der Waals surface area contributed by atoms with Crippen LogP contribution in [0.1, 0.15) is 44.2 Å². The van der Waals surface area contributed by atoms with Gasteiger partial charge in [0.05, 0.1) is 0 Å². The van der Waals surface area contributed by atoms with Crippen molar-refractivity contribution >= 4 is 23.4 Å². The number of likely N-dealkylation sites (tertiary alicyclic amines) is 2. The number of benzene rings is 1. The Kier molecular flexibility index (Phi) is 7.91. The molecule has 7 nitrogen and oxygen atoms in total. The molecule has 2 atom stereocenters. The smallest absolute Gasteiger partial charge is 0.224 e. The van der Waals surface area contributed by atoms with Crippen molar-refractivity contribution in [2.75, 3.05) is 26.2 Å². The molecule has 2 aliphatic rings. The van der Waals surface area contributed by atoms with Crippen LogP contribution in [0.5, 0.6) is 5.75 Å². The number of carbonyl (C=O) groups excluding carboxylic acids is 2. The summed E-state index contributed by atoms with van der Waals surface area (Å²) in [6, 6.07) is 9.30. The SMILES string of the molecule is Cc1ccnn1CCC(=O)N1CC[C@H](Oc2cccc(Cl)c2)[C@@H](CC(=O)N2CCCCC2)C1. The molecule has 2 fully saturated rings. The Labute approximate surface area is 200 Å². The first-order valence-electron chi connectivity index (χ1n) is 12.0. The highest BCUT2D eigenvalue weighted by Crippen LogP contribution is 2.28. The second kappa shape index (κ2) is 11.1. The molecule has 2 aromatic rings. The Morgan fingerprint density at radius 1 is 1.09 bits per heavy atom. The zero-order valence-corrected chi connectivity index (χ0v) is 20.0. The van der Waals surface area contributed by atoms with E-state index in [0.717, 1.165) is 31.6 Å². The minimum Gasteiger partial charge on any atom is -0.490 e. The molecule has 1 aromatic heterocycles. The van der Waals surface area contributed by atoms with Gasteiger partial charge in [-0.1, -0.05) is 17.7 Å². The van der Waals surface area contributed by atoms with Crippen LogP contribution in [0.25, 0.3) is 0 Å². The molecule has 0 unspecified atom stereocenters. The van der Waals surface area contributed by atoms with E-state index in [9.17, 15) is 9.59 Å². The van der Waals surface area contributed by atoms with Crippen molar-refractivity contribution in [3.8, 4) is 5.75 Å². The van der Waals surface area contributed by atoms with E-state index >= 15 is 0 Å². The van der Waals surface area contributed by atoms with Crippen LogP contribution in [0.15, 0.2) is 36.5 Å². The summed E-state index contributed by atoms with van der Waals surface area (Å²) < 4.78 is 8.14. The van der Waals surface area contributed by atoms with Gasteiger partial charge in [-0.2, -0.15) is 5.10 Å². The topological polar surface area (TPSA) is 67.7 Å². The number of aromatic nitrogens is 2. The van der Waals surface area contributed by atoms with E-state index in [1.165, 1.54) is 6.42 Å². The molecule has 0 saturated carbocycles. The quantitative estimate of drug-likeness (QED) is 0.612. The highest BCUT2D eigenvalue weighted by Gasteiger charge is 2.35. The molecular weight excluding hydrogens is 440 g/mol. The molecule has 0 N–H and O–H groups in total. The van der Waals surface area contributed by atoms with E-state index in [0.29, 0.717) is 49.7 Å². The summed E-state index contributed by atoms with van der Waals surface area (Å²) in [5, 5.41) is 4.89. The zero-order chi connectivity index (χ0) is 23.2. The highest BCUT2D eigenvalue weighted by molar-refractivity contribution is 6.30. The van der Waals surface area contributed by atoms with E-state index in [-0.39, 0.29) is 23.8 Å². The molecule has 1 aromatic carbocycles. The number of carbonyl (C=O) groups is 2. The molecule has 0 bridgehead atoms. The number of ether oxygens (including phenoxy) is 1. The van der Waals surface area contributed by atoms with Crippen LogP contribution in [0.4, 0.5) is 0 Å². The molecule has 178 valence electrons. The predicted molar refractivity (Wildman–Crippen MR) is 127 cm³/mol. The third kappa shape index (κ3) is 6.28. The number of piperidine rings is 2. The van der Waals surface area contributed by atoms with Crippen molar-refractivity contribution in [3.05, 3.63) is 47.2 Å². The van der Waals surface area contributed by atoms with Gasteiger partial charge >= 0.3 is 0 Å². The first-order chi connectivity index (χ1) is 16.0. The maximum Gasteiger partial charge on any atom is 0.224 e. The molecule has 2 saturated heterocycles. The summed E-state index contributed by atoms with van der Waals surface area (Å²) in [5.41, 5.74) is 1.04. The number of hydrogen-bond acceptors (Lipinski definition) is 4. The van der Waals surface area contributed by atoms with Gasteiger partial charge in [0, 0.05) is 74.8 Å². The van der Waals surface area contributed by atoms with Gasteiger partial charge in [0.1, 0.15) is 11.9 Å². The van der Waals surface area contributed by atoms with Crippen LogP contribution < -0.4 is 4.74 Å². The Balaban J connectivity index is 1.41.